The molecule has 0 aliphatic heterocycles. The van der Waals surface area contributed by atoms with E-state index in [1.54, 1.807) is 6.07 Å². The summed E-state index contributed by atoms with van der Waals surface area (Å²) in [5, 5.41) is 19.7. The zero-order chi connectivity index (χ0) is 14.2. The number of phenols is 1. The summed E-state index contributed by atoms with van der Waals surface area (Å²) in [7, 11) is 1.43. The first kappa shape index (κ1) is 14.0. The fourth-order valence-electron chi connectivity index (χ4n) is 2.61. The summed E-state index contributed by atoms with van der Waals surface area (Å²) in [6.07, 6.45) is 2.02. The maximum absolute atomic E-state index is 11.0. The molecular weight excluding hydrogens is 268 g/mol. The average molecular weight is 285 g/mol. The Balaban J connectivity index is 2.49. The Morgan fingerprint density at radius 1 is 1.58 bits per heavy atom. The Morgan fingerprint density at radius 3 is 2.68 bits per heavy atom. The van der Waals surface area contributed by atoms with E-state index in [1.165, 1.54) is 7.11 Å². The highest BCUT2D eigenvalue weighted by Crippen LogP contribution is 2.51. The van der Waals surface area contributed by atoms with Gasteiger partial charge in [0, 0.05) is 11.5 Å². The Morgan fingerprint density at radius 2 is 2.21 bits per heavy atom. The van der Waals surface area contributed by atoms with Gasteiger partial charge in [-0.3, -0.25) is 4.79 Å². The average Bonchev–Trinajstić information content (AvgIpc) is 3.10. The molecule has 2 N–H and O–H groups in total. The van der Waals surface area contributed by atoms with Crippen molar-refractivity contribution in [2.45, 2.75) is 32.1 Å². The van der Waals surface area contributed by atoms with E-state index in [9.17, 15) is 9.90 Å². The molecule has 0 amide bonds. The highest BCUT2D eigenvalue weighted by molar-refractivity contribution is 6.32. The number of halogens is 1. The first-order chi connectivity index (χ1) is 8.95. The third-order valence-electron chi connectivity index (χ3n) is 3.62. The van der Waals surface area contributed by atoms with Crippen molar-refractivity contribution < 1.29 is 19.7 Å². The van der Waals surface area contributed by atoms with E-state index < -0.39 is 5.97 Å². The lowest BCUT2D eigenvalue weighted by Gasteiger charge is -2.21. The molecular formula is C14H17ClO4. The molecule has 1 aromatic rings. The second-order valence-corrected chi connectivity index (χ2v) is 5.42. The molecule has 2 rings (SSSR count). The molecule has 0 bridgehead atoms. The van der Waals surface area contributed by atoms with Crippen LogP contribution >= 0.6 is 11.6 Å². The number of rotatable bonds is 5. The number of benzene rings is 1. The summed E-state index contributed by atoms with van der Waals surface area (Å²) >= 11 is 6.01. The summed E-state index contributed by atoms with van der Waals surface area (Å²) in [5.41, 5.74) is 1.47. The van der Waals surface area contributed by atoms with Crippen molar-refractivity contribution in [2.24, 2.45) is 5.92 Å². The number of ether oxygens (including phenoxy) is 1. The normalized spacial score (nSPS) is 16.2. The number of carboxylic acids is 1. The molecule has 104 valence electrons. The van der Waals surface area contributed by atoms with Gasteiger partial charge in [0.15, 0.2) is 11.5 Å². The van der Waals surface area contributed by atoms with Crippen LogP contribution in [0.4, 0.5) is 0 Å². The van der Waals surface area contributed by atoms with Gasteiger partial charge in [0.05, 0.1) is 18.6 Å². The van der Waals surface area contributed by atoms with Crippen molar-refractivity contribution in [1.82, 2.24) is 0 Å². The molecule has 0 aromatic heterocycles. The summed E-state index contributed by atoms with van der Waals surface area (Å²) in [4.78, 5) is 11.0. The number of hydrogen-bond acceptors (Lipinski definition) is 3. The van der Waals surface area contributed by atoms with Gasteiger partial charge in [-0.25, -0.2) is 0 Å². The van der Waals surface area contributed by atoms with Crippen LogP contribution in [-0.4, -0.2) is 23.3 Å². The molecule has 1 fully saturated rings. The number of hydrogen-bond donors (Lipinski definition) is 2. The molecule has 1 saturated carbocycles. The topological polar surface area (TPSA) is 66.8 Å². The molecule has 1 aromatic carbocycles. The van der Waals surface area contributed by atoms with E-state index in [4.69, 9.17) is 21.4 Å². The quantitative estimate of drug-likeness (QED) is 0.870. The van der Waals surface area contributed by atoms with E-state index in [1.807, 2.05) is 6.92 Å². The highest BCUT2D eigenvalue weighted by Gasteiger charge is 2.37. The van der Waals surface area contributed by atoms with Crippen molar-refractivity contribution in [1.29, 1.82) is 0 Å². The molecule has 5 heteroatoms. The minimum absolute atomic E-state index is 0.0177. The van der Waals surface area contributed by atoms with Crippen LogP contribution in [0.3, 0.4) is 0 Å². The van der Waals surface area contributed by atoms with Crippen LogP contribution in [0, 0.1) is 12.8 Å². The predicted molar refractivity (Wildman–Crippen MR) is 72.1 cm³/mol. The van der Waals surface area contributed by atoms with E-state index in [2.05, 4.69) is 0 Å². The Labute approximate surface area is 117 Å². The molecule has 0 radical (unpaired) electrons. The van der Waals surface area contributed by atoms with Crippen LogP contribution in [0.15, 0.2) is 6.07 Å². The van der Waals surface area contributed by atoms with Crippen molar-refractivity contribution in [3.63, 3.8) is 0 Å². The number of aryl methyl sites for hydroxylation is 1. The zero-order valence-electron chi connectivity index (χ0n) is 10.9. The lowest BCUT2D eigenvalue weighted by atomic mass is 9.87. The molecule has 1 aliphatic rings. The van der Waals surface area contributed by atoms with Gasteiger partial charge in [0.25, 0.3) is 0 Å². The van der Waals surface area contributed by atoms with Gasteiger partial charge in [-0.05, 0) is 37.3 Å². The lowest BCUT2D eigenvalue weighted by molar-refractivity contribution is -0.137. The second-order valence-electron chi connectivity index (χ2n) is 5.01. The van der Waals surface area contributed by atoms with Crippen LogP contribution in [-0.2, 0) is 4.79 Å². The minimum atomic E-state index is -0.857. The van der Waals surface area contributed by atoms with Crippen LogP contribution in [0.2, 0.25) is 5.02 Å². The highest BCUT2D eigenvalue weighted by atomic mass is 35.5. The zero-order valence-corrected chi connectivity index (χ0v) is 11.7. The summed E-state index contributed by atoms with van der Waals surface area (Å²) in [5.74, 6) is -0.510. The van der Waals surface area contributed by atoms with Gasteiger partial charge < -0.3 is 14.9 Å². The van der Waals surface area contributed by atoms with E-state index in [-0.39, 0.29) is 23.8 Å². The van der Waals surface area contributed by atoms with Gasteiger partial charge in [-0.1, -0.05) is 11.6 Å². The number of carbonyl (C=O) groups is 1. The summed E-state index contributed by atoms with van der Waals surface area (Å²) in [6, 6.07) is 1.71. The van der Waals surface area contributed by atoms with Crippen molar-refractivity contribution in [3.8, 4) is 11.5 Å². The van der Waals surface area contributed by atoms with Gasteiger partial charge in [-0.15, -0.1) is 0 Å². The second kappa shape index (κ2) is 5.29. The first-order valence-corrected chi connectivity index (χ1v) is 6.61. The third kappa shape index (κ3) is 2.78. The van der Waals surface area contributed by atoms with Crippen LogP contribution in [0.1, 0.15) is 36.3 Å². The van der Waals surface area contributed by atoms with Crippen molar-refractivity contribution in [2.75, 3.05) is 7.11 Å². The van der Waals surface area contributed by atoms with Gasteiger partial charge in [0.2, 0.25) is 0 Å². The third-order valence-corrected chi connectivity index (χ3v) is 3.90. The summed E-state index contributed by atoms with van der Waals surface area (Å²) < 4.78 is 5.10. The van der Waals surface area contributed by atoms with Crippen molar-refractivity contribution in [3.05, 3.63) is 22.2 Å². The van der Waals surface area contributed by atoms with Gasteiger partial charge in [-0.2, -0.15) is 0 Å². The molecule has 4 nitrogen and oxygen atoms in total. The summed E-state index contributed by atoms with van der Waals surface area (Å²) in [6.45, 7) is 1.83. The lowest BCUT2D eigenvalue weighted by Crippen LogP contribution is -2.10. The van der Waals surface area contributed by atoms with Gasteiger partial charge >= 0.3 is 5.97 Å². The van der Waals surface area contributed by atoms with E-state index in [0.29, 0.717) is 16.5 Å². The number of aliphatic carboxylic acids is 1. The molecule has 0 heterocycles. The molecule has 19 heavy (non-hydrogen) atoms. The first-order valence-electron chi connectivity index (χ1n) is 6.23. The number of aromatic hydroxyl groups is 1. The fraction of sp³-hybridized carbons (Fsp3) is 0.500. The maximum Gasteiger partial charge on any atom is 0.303 e. The smallest absolute Gasteiger partial charge is 0.303 e. The van der Waals surface area contributed by atoms with E-state index in [0.717, 1.165) is 18.4 Å². The largest absolute Gasteiger partial charge is 0.504 e. The number of methoxy groups -OCH3 is 1. The Hall–Kier alpha value is -1.42. The molecule has 1 unspecified atom stereocenters. The van der Waals surface area contributed by atoms with Gasteiger partial charge in [0.1, 0.15) is 0 Å². The van der Waals surface area contributed by atoms with Crippen LogP contribution in [0.25, 0.3) is 0 Å². The monoisotopic (exact) mass is 284 g/mol. The number of carboxylic acid groups (broad SMARTS) is 1. The Bertz CT molecular complexity index is 509. The SMILES string of the molecule is COc1c(Cl)cc(C)c(C(CC(=O)O)C2CC2)c1O. The number of phenolic OH excluding ortho intramolecular Hbond substituents is 1. The maximum atomic E-state index is 11.0. The molecule has 0 saturated heterocycles. The Kier molecular flexibility index (Phi) is 3.90. The standard InChI is InChI=1S/C14H17ClO4/c1-7-5-10(15)14(19-2)13(18)12(7)9(6-11(16)17)8-3-4-8/h5,8-9,18H,3-4,6H2,1-2H3,(H,16,17). The molecule has 1 aliphatic carbocycles. The van der Waals surface area contributed by atoms with Crippen LogP contribution < -0.4 is 4.74 Å². The van der Waals surface area contributed by atoms with Crippen molar-refractivity contribution >= 4 is 17.6 Å². The van der Waals surface area contributed by atoms with E-state index >= 15 is 0 Å². The molecule has 1 atom stereocenters. The minimum Gasteiger partial charge on any atom is -0.504 e. The molecule has 0 spiro atoms. The fourth-order valence-corrected chi connectivity index (χ4v) is 2.94. The predicted octanol–water partition coefficient (Wildman–Crippen LogP) is 3.33. The van der Waals surface area contributed by atoms with Crippen LogP contribution in [0.5, 0.6) is 11.5 Å².